The first-order chi connectivity index (χ1) is 11.9. The molecule has 132 valence electrons. The number of carbonyl (C=O) groups excluding carboxylic acids is 2. The van der Waals surface area contributed by atoms with Crippen LogP contribution in [0.4, 0.5) is 8.78 Å². The van der Waals surface area contributed by atoms with E-state index in [0.29, 0.717) is 15.6 Å². The monoisotopic (exact) mass is 386 g/mol. The summed E-state index contributed by atoms with van der Waals surface area (Å²) in [7, 11) is 0. The highest BCUT2D eigenvalue weighted by Gasteiger charge is 2.16. The molecule has 0 aromatic heterocycles. The van der Waals surface area contributed by atoms with Crippen molar-refractivity contribution in [3.63, 3.8) is 0 Å². The maximum Gasteiger partial charge on any atom is 0.257 e. The lowest BCUT2D eigenvalue weighted by atomic mass is 10.1. The first kappa shape index (κ1) is 19.1. The summed E-state index contributed by atoms with van der Waals surface area (Å²) < 4.78 is 26.9. The lowest BCUT2D eigenvalue weighted by Gasteiger charge is -2.09. The van der Waals surface area contributed by atoms with Gasteiger partial charge in [0.25, 0.3) is 5.91 Å². The number of nitrogens with one attached hydrogen (secondary N) is 2. The Labute approximate surface area is 153 Å². The van der Waals surface area contributed by atoms with Gasteiger partial charge in [-0.1, -0.05) is 35.3 Å². The Balaban J connectivity index is 1.81. The topological polar surface area (TPSA) is 58.2 Å². The zero-order valence-electron chi connectivity index (χ0n) is 12.9. The van der Waals surface area contributed by atoms with Gasteiger partial charge < -0.3 is 10.6 Å². The van der Waals surface area contributed by atoms with E-state index < -0.39 is 23.1 Å². The van der Waals surface area contributed by atoms with E-state index in [1.54, 1.807) is 18.2 Å². The van der Waals surface area contributed by atoms with Crippen molar-refractivity contribution in [2.45, 2.75) is 6.42 Å². The molecule has 0 saturated heterocycles. The summed E-state index contributed by atoms with van der Waals surface area (Å²) in [4.78, 5) is 23.7. The van der Waals surface area contributed by atoms with Crippen LogP contribution in [0.25, 0.3) is 0 Å². The van der Waals surface area contributed by atoms with Gasteiger partial charge in [0.15, 0.2) is 0 Å². The number of rotatable bonds is 6. The maximum absolute atomic E-state index is 13.5. The minimum Gasteiger partial charge on any atom is -0.354 e. The first-order valence-corrected chi connectivity index (χ1v) is 8.07. The third-order valence-corrected chi connectivity index (χ3v) is 4.03. The highest BCUT2D eigenvalue weighted by molar-refractivity contribution is 6.36. The summed E-state index contributed by atoms with van der Waals surface area (Å²) in [5.74, 6) is -3.13. The van der Waals surface area contributed by atoms with Crippen molar-refractivity contribution in [2.24, 2.45) is 0 Å². The molecule has 0 heterocycles. The minimum atomic E-state index is -0.949. The molecule has 2 N–H and O–H groups in total. The van der Waals surface area contributed by atoms with E-state index in [4.69, 9.17) is 23.2 Å². The van der Waals surface area contributed by atoms with Gasteiger partial charge in [-0.25, -0.2) is 8.78 Å². The zero-order valence-corrected chi connectivity index (χ0v) is 14.4. The molecule has 0 atom stereocenters. The Morgan fingerprint density at radius 1 is 0.880 bits per heavy atom. The Bertz CT molecular complexity index is 760. The van der Waals surface area contributed by atoms with Crippen molar-refractivity contribution >= 4 is 35.0 Å². The number of benzene rings is 2. The molecule has 0 unspecified atom stereocenters. The quantitative estimate of drug-likeness (QED) is 0.747. The third-order valence-electron chi connectivity index (χ3n) is 3.32. The predicted molar refractivity (Wildman–Crippen MR) is 91.9 cm³/mol. The molecular formula is C17H14Cl2F2N2O2. The van der Waals surface area contributed by atoms with Gasteiger partial charge in [0.1, 0.15) is 17.2 Å². The van der Waals surface area contributed by atoms with E-state index in [1.165, 1.54) is 6.07 Å². The molecule has 0 saturated carbocycles. The fourth-order valence-electron chi connectivity index (χ4n) is 2.11. The molecule has 0 fully saturated rings. The Morgan fingerprint density at radius 2 is 1.40 bits per heavy atom. The third kappa shape index (κ3) is 5.14. The second kappa shape index (κ2) is 8.78. The van der Waals surface area contributed by atoms with E-state index >= 15 is 0 Å². The first-order valence-electron chi connectivity index (χ1n) is 7.32. The van der Waals surface area contributed by atoms with Crippen molar-refractivity contribution in [1.82, 2.24) is 10.6 Å². The minimum absolute atomic E-state index is 0.00853. The molecule has 2 aromatic rings. The molecular weight excluding hydrogens is 373 g/mol. The van der Waals surface area contributed by atoms with Gasteiger partial charge in [0, 0.05) is 23.1 Å². The molecule has 4 nitrogen and oxygen atoms in total. The van der Waals surface area contributed by atoms with Gasteiger partial charge in [-0.05, 0) is 29.8 Å². The molecule has 0 aliphatic heterocycles. The Hall–Kier alpha value is -2.18. The summed E-state index contributed by atoms with van der Waals surface area (Å²) in [6.45, 7) is 0.0946. The smallest absolute Gasteiger partial charge is 0.257 e. The molecule has 2 aromatic carbocycles. The summed E-state index contributed by atoms with van der Waals surface area (Å²) in [6, 6.07) is 8.07. The highest BCUT2D eigenvalue weighted by Crippen LogP contribution is 2.24. The molecule has 2 rings (SSSR count). The molecule has 0 spiro atoms. The summed E-state index contributed by atoms with van der Waals surface area (Å²) in [5.41, 5.74) is -0.155. The molecule has 0 radical (unpaired) electrons. The van der Waals surface area contributed by atoms with E-state index in [0.717, 1.165) is 12.1 Å². The number of carbonyl (C=O) groups is 2. The zero-order chi connectivity index (χ0) is 18.4. The van der Waals surface area contributed by atoms with Crippen LogP contribution in [0.2, 0.25) is 10.0 Å². The fraction of sp³-hybridized carbons (Fsp3) is 0.176. The van der Waals surface area contributed by atoms with Crippen LogP contribution in [-0.4, -0.2) is 24.9 Å². The van der Waals surface area contributed by atoms with Gasteiger partial charge >= 0.3 is 0 Å². The number of hydrogen-bond acceptors (Lipinski definition) is 2. The highest BCUT2D eigenvalue weighted by atomic mass is 35.5. The van der Waals surface area contributed by atoms with Crippen molar-refractivity contribution < 1.29 is 18.4 Å². The maximum atomic E-state index is 13.5. The van der Waals surface area contributed by atoms with Gasteiger partial charge in [0.2, 0.25) is 5.91 Å². The normalized spacial score (nSPS) is 10.4. The van der Waals surface area contributed by atoms with Gasteiger partial charge in [-0.15, -0.1) is 0 Å². The van der Waals surface area contributed by atoms with Crippen LogP contribution in [-0.2, 0) is 11.2 Å². The largest absolute Gasteiger partial charge is 0.354 e. The second-order valence-corrected chi connectivity index (χ2v) is 5.89. The summed E-state index contributed by atoms with van der Waals surface area (Å²) >= 11 is 12.0. The average Bonchev–Trinajstić information content (AvgIpc) is 2.55. The molecule has 25 heavy (non-hydrogen) atoms. The van der Waals surface area contributed by atoms with Crippen LogP contribution in [0, 0.1) is 11.6 Å². The van der Waals surface area contributed by atoms with Crippen LogP contribution in [0.3, 0.4) is 0 Å². The summed E-state index contributed by atoms with van der Waals surface area (Å²) in [6.07, 6.45) is -0.0194. The van der Waals surface area contributed by atoms with Gasteiger partial charge in [-0.3, -0.25) is 9.59 Å². The Kier molecular flexibility index (Phi) is 6.73. The molecule has 0 bridgehead atoms. The van der Waals surface area contributed by atoms with Crippen molar-refractivity contribution in [3.8, 4) is 0 Å². The molecule has 2 amide bonds. The predicted octanol–water partition coefficient (Wildman–Crippen LogP) is 3.36. The number of hydrogen-bond donors (Lipinski definition) is 2. The number of halogens is 4. The van der Waals surface area contributed by atoms with Crippen LogP contribution in [0.5, 0.6) is 0 Å². The SMILES string of the molecule is O=C(Cc1c(Cl)cccc1Cl)NCCNC(=O)c1c(F)cccc1F. The van der Waals surface area contributed by atoms with E-state index in [9.17, 15) is 18.4 Å². The molecule has 0 aliphatic rings. The van der Waals surface area contributed by atoms with E-state index in [-0.39, 0.29) is 25.4 Å². The van der Waals surface area contributed by atoms with E-state index in [1.807, 2.05) is 0 Å². The average molecular weight is 387 g/mol. The van der Waals surface area contributed by atoms with E-state index in [2.05, 4.69) is 10.6 Å². The lowest BCUT2D eigenvalue weighted by Crippen LogP contribution is -2.36. The number of amides is 2. The van der Waals surface area contributed by atoms with Crippen LogP contribution < -0.4 is 10.6 Å². The van der Waals surface area contributed by atoms with Crippen molar-refractivity contribution in [3.05, 3.63) is 69.2 Å². The Morgan fingerprint density at radius 3 is 2.00 bits per heavy atom. The molecule has 0 aliphatic carbocycles. The second-order valence-electron chi connectivity index (χ2n) is 5.08. The van der Waals surface area contributed by atoms with Crippen molar-refractivity contribution in [2.75, 3.05) is 13.1 Å². The van der Waals surface area contributed by atoms with Crippen LogP contribution in [0.15, 0.2) is 36.4 Å². The van der Waals surface area contributed by atoms with Crippen LogP contribution >= 0.6 is 23.2 Å². The van der Waals surface area contributed by atoms with Gasteiger partial charge in [0.05, 0.1) is 6.42 Å². The molecule has 8 heteroatoms. The van der Waals surface area contributed by atoms with Crippen molar-refractivity contribution in [1.29, 1.82) is 0 Å². The lowest BCUT2D eigenvalue weighted by molar-refractivity contribution is -0.120. The fourth-order valence-corrected chi connectivity index (χ4v) is 2.64. The standard InChI is InChI=1S/C17H14Cl2F2N2O2/c18-11-3-1-4-12(19)10(11)9-15(24)22-7-8-23-17(25)16-13(20)5-2-6-14(16)21/h1-6H,7-9H2,(H,22,24)(H,23,25). The summed E-state index contributed by atoms with van der Waals surface area (Å²) in [5, 5.41) is 5.66. The van der Waals surface area contributed by atoms with Gasteiger partial charge in [-0.2, -0.15) is 0 Å². The van der Waals surface area contributed by atoms with Crippen LogP contribution in [0.1, 0.15) is 15.9 Å².